The standard InChI is InChI=1S/C3H4O4.C2H6O2/c4-2(5)1-3(6)7;3-1-2-4/h1H2,(H,4,5)(H,6,7);3-4H,1-2H2. The second-order valence-electron chi connectivity index (χ2n) is 1.41. The summed E-state index contributed by atoms with van der Waals surface area (Å²) in [6, 6.07) is 0. The Balaban J connectivity index is 0. The smallest absolute Gasteiger partial charge is 0.314 e. The van der Waals surface area contributed by atoms with Gasteiger partial charge in [-0.2, -0.15) is 0 Å². The molecule has 0 saturated heterocycles. The first-order valence-electron chi connectivity index (χ1n) is 2.70. The molecule has 0 aromatic rings. The minimum absolute atomic E-state index is 0.125. The number of aliphatic carboxylic acids is 2. The van der Waals surface area contributed by atoms with Crippen LogP contribution in [0.15, 0.2) is 0 Å². The molecule has 66 valence electrons. The van der Waals surface area contributed by atoms with Crippen LogP contribution in [0.3, 0.4) is 0 Å². The first kappa shape index (κ1) is 12.5. The molecule has 0 spiro atoms. The van der Waals surface area contributed by atoms with E-state index in [1.165, 1.54) is 0 Å². The quantitative estimate of drug-likeness (QED) is 0.380. The van der Waals surface area contributed by atoms with Gasteiger partial charge in [0.05, 0.1) is 13.2 Å². The molecule has 0 bridgehead atoms. The number of carboxylic acid groups (broad SMARTS) is 2. The van der Waals surface area contributed by atoms with Crippen molar-refractivity contribution < 1.29 is 30.0 Å². The predicted octanol–water partition coefficient (Wildman–Crippen LogP) is -1.48. The molecule has 0 saturated carbocycles. The Kier molecular flexibility index (Phi) is 10.1. The normalized spacial score (nSPS) is 7.82. The third-order valence-electron chi connectivity index (χ3n) is 0.402. The molecule has 0 amide bonds. The van der Waals surface area contributed by atoms with E-state index in [4.69, 9.17) is 20.4 Å². The van der Waals surface area contributed by atoms with Crippen molar-refractivity contribution in [1.82, 2.24) is 0 Å². The number of aliphatic hydroxyl groups excluding tert-OH is 2. The fourth-order valence-electron chi connectivity index (χ4n) is 0.129. The van der Waals surface area contributed by atoms with Crippen LogP contribution < -0.4 is 0 Å². The highest BCUT2D eigenvalue weighted by Gasteiger charge is 2.01. The lowest BCUT2D eigenvalue weighted by Gasteiger charge is -1.80. The fourth-order valence-corrected chi connectivity index (χ4v) is 0.129. The Morgan fingerprint density at radius 1 is 0.909 bits per heavy atom. The minimum Gasteiger partial charge on any atom is -0.481 e. The van der Waals surface area contributed by atoms with Gasteiger partial charge in [-0.05, 0) is 0 Å². The molecule has 11 heavy (non-hydrogen) atoms. The van der Waals surface area contributed by atoms with Gasteiger partial charge in [0.25, 0.3) is 0 Å². The Morgan fingerprint density at radius 2 is 1.18 bits per heavy atom. The summed E-state index contributed by atoms with van der Waals surface area (Å²) in [5.41, 5.74) is 0. The van der Waals surface area contributed by atoms with Crippen molar-refractivity contribution in [2.24, 2.45) is 0 Å². The maximum atomic E-state index is 9.43. The number of carbonyl (C=O) groups is 2. The van der Waals surface area contributed by atoms with Crippen LogP contribution in [0.25, 0.3) is 0 Å². The summed E-state index contributed by atoms with van der Waals surface area (Å²) in [6.45, 7) is -0.250. The average Bonchev–Trinajstić information content (AvgIpc) is 1.85. The van der Waals surface area contributed by atoms with Gasteiger partial charge < -0.3 is 20.4 Å². The zero-order valence-electron chi connectivity index (χ0n) is 5.73. The van der Waals surface area contributed by atoms with E-state index in [2.05, 4.69) is 0 Å². The minimum atomic E-state index is -1.31. The summed E-state index contributed by atoms with van der Waals surface area (Å²) in [5, 5.41) is 30.7. The van der Waals surface area contributed by atoms with Crippen molar-refractivity contribution in [3.63, 3.8) is 0 Å². The van der Waals surface area contributed by atoms with Crippen LogP contribution in [0.1, 0.15) is 6.42 Å². The SMILES string of the molecule is O=C(O)CC(=O)O.OCCO. The van der Waals surface area contributed by atoms with E-state index in [0.29, 0.717) is 0 Å². The van der Waals surface area contributed by atoms with Gasteiger partial charge in [-0.15, -0.1) is 0 Å². The van der Waals surface area contributed by atoms with Crippen molar-refractivity contribution in [3.05, 3.63) is 0 Å². The number of aliphatic hydroxyl groups is 2. The van der Waals surface area contributed by atoms with Gasteiger partial charge >= 0.3 is 11.9 Å². The summed E-state index contributed by atoms with van der Waals surface area (Å²) in [5.74, 6) is -2.62. The number of carboxylic acids is 2. The molecule has 0 aliphatic carbocycles. The van der Waals surface area contributed by atoms with Crippen LogP contribution in [-0.2, 0) is 9.59 Å². The number of hydrogen-bond acceptors (Lipinski definition) is 4. The second kappa shape index (κ2) is 8.86. The van der Waals surface area contributed by atoms with Gasteiger partial charge in [-0.1, -0.05) is 0 Å². The highest BCUT2D eigenvalue weighted by molar-refractivity contribution is 5.88. The van der Waals surface area contributed by atoms with E-state index in [0.717, 1.165) is 0 Å². The van der Waals surface area contributed by atoms with E-state index in [9.17, 15) is 9.59 Å². The van der Waals surface area contributed by atoms with Crippen molar-refractivity contribution in [2.45, 2.75) is 6.42 Å². The van der Waals surface area contributed by atoms with Crippen LogP contribution >= 0.6 is 0 Å². The molecule has 0 aliphatic rings. The van der Waals surface area contributed by atoms with Gasteiger partial charge in [0, 0.05) is 0 Å². The fraction of sp³-hybridized carbons (Fsp3) is 0.600. The Labute approximate surface area is 62.7 Å². The molecular formula is C5H10O6. The third kappa shape index (κ3) is 28.0. The molecule has 0 aromatic carbocycles. The monoisotopic (exact) mass is 166 g/mol. The van der Waals surface area contributed by atoms with Gasteiger partial charge in [0.15, 0.2) is 0 Å². The third-order valence-corrected chi connectivity index (χ3v) is 0.402. The Hall–Kier alpha value is -1.14. The molecule has 0 fully saturated rings. The highest BCUT2D eigenvalue weighted by Crippen LogP contribution is 1.74. The first-order chi connectivity index (χ1) is 5.04. The molecule has 6 nitrogen and oxygen atoms in total. The van der Waals surface area contributed by atoms with E-state index in [1.807, 2.05) is 0 Å². The summed E-state index contributed by atoms with van der Waals surface area (Å²) >= 11 is 0. The van der Waals surface area contributed by atoms with Crippen molar-refractivity contribution in [1.29, 1.82) is 0 Å². The topological polar surface area (TPSA) is 115 Å². The molecule has 0 aliphatic heterocycles. The lowest BCUT2D eigenvalue weighted by molar-refractivity contribution is -0.147. The zero-order valence-corrected chi connectivity index (χ0v) is 5.73. The van der Waals surface area contributed by atoms with E-state index in [1.54, 1.807) is 0 Å². The Bertz CT molecular complexity index is 106. The van der Waals surface area contributed by atoms with Gasteiger partial charge in [0.1, 0.15) is 6.42 Å². The molecule has 6 heteroatoms. The van der Waals surface area contributed by atoms with Crippen molar-refractivity contribution >= 4 is 11.9 Å². The number of hydrogen-bond donors (Lipinski definition) is 4. The maximum absolute atomic E-state index is 9.43. The lowest BCUT2D eigenvalue weighted by atomic mass is 10.5. The van der Waals surface area contributed by atoms with Gasteiger partial charge in [0.2, 0.25) is 0 Å². The van der Waals surface area contributed by atoms with Crippen molar-refractivity contribution in [3.8, 4) is 0 Å². The van der Waals surface area contributed by atoms with Crippen LogP contribution in [0, 0.1) is 0 Å². The highest BCUT2D eigenvalue weighted by atomic mass is 16.4. The zero-order chi connectivity index (χ0) is 9.28. The average molecular weight is 166 g/mol. The van der Waals surface area contributed by atoms with Gasteiger partial charge in [-0.3, -0.25) is 9.59 Å². The summed E-state index contributed by atoms with van der Waals surface area (Å²) in [7, 11) is 0. The molecule has 0 rings (SSSR count). The molecule has 0 radical (unpaired) electrons. The molecular weight excluding hydrogens is 156 g/mol. The van der Waals surface area contributed by atoms with Crippen LogP contribution in [0.4, 0.5) is 0 Å². The molecule has 0 heterocycles. The maximum Gasteiger partial charge on any atom is 0.314 e. The van der Waals surface area contributed by atoms with Crippen LogP contribution in [0.2, 0.25) is 0 Å². The van der Waals surface area contributed by atoms with Crippen molar-refractivity contribution in [2.75, 3.05) is 13.2 Å². The summed E-state index contributed by atoms with van der Waals surface area (Å²) < 4.78 is 0. The second-order valence-corrected chi connectivity index (χ2v) is 1.41. The molecule has 0 unspecified atom stereocenters. The van der Waals surface area contributed by atoms with E-state index in [-0.39, 0.29) is 13.2 Å². The Morgan fingerprint density at radius 3 is 1.18 bits per heavy atom. The summed E-state index contributed by atoms with van der Waals surface area (Å²) in [6.07, 6.45) is -0.806. The largest absolute Gasteiger partial charge is 0.481 e. The lowest BCUT2D eigenvalue weighted by Crippen LogP contribution is -2.03. The molecule has 0 aromatic heterocycles. The molecule has 0 atom stereocenters. The predicted molar refractivity (Wildman–Crippen MR) is 34.1 cm³/mol. The van der Waals surface area contributed by atoms with E-state index >= 15 is 0 Å². The van der Waals surface area contributed by atoms with Crippen LogP contribution in [0.5, 0.6) is 0 Å². The first-order valence-corrected chi connectivity index (χ1v) is 2.70. The molecule has 4 N–H and O–H groups in total. The number of rotatable bonds is 3. The van der Waals surface area contributed by atoms with Crippen LogP contribution in [-0.4, -0.2) is 45.6 Å². The summed E-state index contributed by atoms with van der Waals surface area (Å²) in [4.78, 5) is 18.9. The van der Waals surface area contributed by atoms with E-state index < -0.39 is 18.4 Å². The van der Waals surface area contributed by atoms with Gasteiger partial charge in [-0.25, -0.2) is 0 Å².